The lowest BCUT2D eigenvalue weighted by Gasteiger charge is -2.53. The van der Waals surface area contributed by atoms with Crippen molar-refractivity contribution >= 4 is 46.8 Å². The minimum atomic E-state index is -0.262. The van der Waals surface area contributed by atoms with Crippen molar-refractivity contribution in [3.63, 3.8) is 0 Å². The first-order valence-corrected chi connectivity index (χ1v) is 17.6. The lowest BCUT2D eigenvalue weighted by molar-refractivity contribution is -0.106. The number of halogens is 1. The van der Waals surface area contributed by atoms with Gasteiger partial charge in [-0.25, -0.2) is 9.37 Å². The second kappa shape index (κ2) is 14.4. The molecule has 5 aromatic rings. The summed E-state index contributed by atoms with van der Waals surface area (Å²) in [6, 6.07) is 23.2. The zero-order valence-corrected chi connectivity index (χ0v) is 28.9. The van der Waals surface area contributed by atoms with Crippen LogP contribution in [-0.4, -0.2) is 61.0 Å². The first-order chi connectivity index (χ1) is 24.8. The number of fused-ring (bicyclic) bond motifs is 3. The second-order valence-corrected chi connectivity index (χ2v) is 14.0. The van der Waals surface area contributed by atoms with Gasteiger partial charge in [-0.05, 0) is 92.4 Å². The van der Waals surface area contributed by atoms with Crippen molar-refractivity contribution in [2.24, 2.45) is 11.1 Å². The van der Waals surface area contributed by atoms with E-state index >= 15 is 0 Å². The van der Waals surface area contributed by atoms with Crippen LogP contribution in [-0.2, 0) is 16.0 Å². The molecule has 8 rings (SSSR count). The fourth-order valence-corrected chi connectivity index (χ4v) is 8.25. The Morgan fingerprint density at radius 2 is 1.76 bits per heavy atom. The van der Waals surface area contributed by atoms with E-state index in [1.54, 1.807) is 47.5 Å². The van der Waals surface area contributed by atoms with Crippen LogP contribution in [0.5, 0.6) is 0 Å². The summed E-state index contributed by atoms with van der Waals surface area (Å²) in [4.78, 5) is 51.2. The molecule has 3 N–H and O–H groups in total. The molecule has 1 spiro atoms. The monoisotopic (exact) mass is 704 g/mol. The number of benzene rings is 2. The van der Waals surface area contributed by atoms with Gasteiger partial charge in [-0.15, -0.1) is 11.3 Å². The van der Waals surface area contributed by atoms with Gasteiger partial charge >= 0.3 is 0 Å². The molecule has 260 valence electrons. The molecular formula is C39H37FN6O4S. The number of pyridine rings is 2. The minimum absolute atomic E-state index is 0.156. The summed E-state index contributed by atoms with van der Waals surface area (Å²) < 4.78 is 20.2. The molecular weight excluding hydrogens is 668 g/mol. The summed E-state index contributed by atoms with van der Waals surface area (Å²) >= 11 is 1.49. The van der Waals surface area contributed by atoms with Crippen LogP contribution in [0.1, 0.15) is 44.8 Å². The van der Waals surface area contributed by atoms with Crippen molar-refractivity contribution in [2.45, 2.75) is 26.2 Å². The third-order valence-electron chi connectivity index (χ3n) is 9.64. The summed E-state index contributed by atoms with van der Waals surface area (Å²) in [7, 11) is 0. The number of nitrogens with two attached hydrogens (primary N) is 1. The number of anilines is 3. The number of thiophene rings is 1. The molecule has 0 bridgehead atoms. The van der Waals surface area contributed by atoms with E-state index in [0.717, 1.165) is 60.2 Å². The Morgan fingerprint density at radius 1 is 1.02 bits per heavy atom. The molecule has 51 heavy (non-hydrogen) atoms. The van der Waals surface area contributed by atoms with Gasteiger partial charge in [0.2, 0.25) is 6.41 Å². The maximum Gasteiger partial charge on any atom is 0.259 e. The smallest absolute Gasteiger partial charge is 0.259 e. The number of amides is 3. The average molecular weight is 705 g/mol. The number of aromatic nitrogens is 2. The Labute approximate surface area is 299 Å². The highest BCUT2D eigenvalue weighted by atomic mass is 32.1. The van der Waals surface area contributed by atoms with Crippen LogP contribution in [0.3, 0.4) is 0 Å². The van der Waals surface area contributed by atoms with Gasteiger partial charge in [0.25, 0.3) is 11.8 Å². The quantitative estimate of drug-likeness (QED) is 0.200. The molecule has 2 fully saturated rings. The number of ether oxygens (including phenoxy) is 1. The summed E-state index contributed by atoms with van der Waals surface area (Å²) in [5.74, 6) is 0.0518. The van der Waals surface area contributed by atoms with Crippen LogP contribution in [0.4, 0.5) is 21.6 Å². The minimum Gasteiger partial charge on any atom is -0.381 e. The van der Waals surface area contributed by atoms with Gasteiger partial charge in [-0.2, -0.15) is 0 Å². The van der Waals surface area contributed by atoms with E-state index in [0.29, 0.717) is 52.5 Å². The number of hydrogen-bond acceptors (Lipinski definition) is 8. The van der Waals surface area contributed by atoms with Crippen molar-refractivity contribution in [3.8, 4) is 21.0 Å². The Morgan fingerprint density at radius 3 is 2.51 bits per heavy atom. The van der Waals surface area contributed by atoms with Crippen molar-refractivity contribution in [3.05, 3.63) is 113 Å². The van der Waals surface area contributed by atoms with Gasteiger partial charge in [0.1, 0.15) is 17.3 Å². The molecule has 3 aromatic heterocycles. The number of aryl methyl sites for hydroxylation is 1. The van der Waals surface area contributed by atoms with Gasteiger partial charge in [-0.3, -0.25) is 19.4 Å². The molecule has 12 heteroatoms. The Balaban J connectivity index is 0.00000131. The Hall–Kier alpha value is -5.46. The van der Waals surface area contributed by atoms with Gasteiger partial charge in [-0.1, -0.05) is 18.2 Å². The number of carbonyl (C=O) groups is 3. The van der Waals surface area contributed by atoms with Crippen LogP contribution in [0.15, 0.2) is 85.1 Å². The lowest BCUT2D eigenvalue weighted by Crippen LogP contribution is -2.59. The predicted octanol–water partition coefficient (Wildman–Crippen LogP) is 6.49. The van der Waals surface area contributed by atoms with E-state index in [-0.39, 0.29) is 29.5 Å². The first-order valence-electron chi connectivity index (χ1n) is 16.8. The highest BCUT2D eigenvalue weighted by molar-refractivity contribution is 7.19. The van der Waals surface area contributed by atoms with Crippen molar-refractivity contribution in [1.82, 2.24) is 9.97 Å². The number of hydrogen-bond donors (Lipinski definition) is 2. The van der Waals surface area contributed by atoms with Crippen LogP contribution in [0.25, 0.3) is 21.0 Å². The molecule has 6 heterocycles. The van der Waals surface area contributed by atoms with E-state index in [2.05, 4.69) is 20.9 Å². The molecule has 3 amide bonds. The summed E-state index contributed by atoms with van der Waals surface area (Å²) in [6.07, 6.45) is 4.64. The molecule has 3 aliphatic heterocycles. The normalized spacial score (nSPS) is 15.7. The number of primary amides is 1. The molecule has 0 unspecified atom stereocenters. The standard InChI is InChI=1S/C38H34FN5O3S.CH3NO/c1-24-8-13-29(35(41-24)43-22-38(23-43)15-19-47-20-16-38)36(45)42-27-11-9-25(10-12-27)37(46)44-18-14-26-21-32(28-5-2-3-6-30(28)39)48-34(26)33-31(44)7-4-17-40-33;2-1-3/h2-13,17,21H,14-16,18-20,22-23H2,1H3,(H,42,45);1H,(H2,2,3). The molecule has 10 nitrogen and oxygen atoms in total. The van der Waals surface area contributed by atoms with Crippen molar-refractivity contribution in [1.29, 1.82) is 0 Å². The maximum absolute atomic E-state index is 14.6. The number of rotatable bonds is 5. The molecule has 0 atom stereocenters. The SMILES string of the molecule is Cc1ccc(C(=O)Nc2ccc(C(=O)N3CCc4cc(-c5ccccc5F)sc4-c4ncccc43)cc2)c(N2CC3(CCOCC3)C2)n1.NC=O. The van der Waals surface area contributed by atoms with E-state index in [9.17, 15) is 14.0 Å². The molecule has 0 aliphatic carbocycles. The molecule has 0 saturated carbocycles. The van der Waals surface area contributed by atoms with Gasteiger partial charge < -0.3 is 25.6 Å². The predicted molar refractivity (Wildman–Crippen MR) is 197 cm³/mol. The highest BCUT2D eigenvalue weighted by Gasteiger charge is 2.45. The lowest BCUT2D eigenvalue weighted by atomic mass is 9.73. The Bertz CT molecular complexity index is 2090. The average Bonchev–Trinajstić information content (AvgIpc) is 3.49. The number of nitrogens with zero attached hydrogens (tertiary/aromatic N) is 4. The number of nitrogens with one attached hydrogen (secondary N) is 1. The second-order valence-electron chi connectivity index (χ2n) is 13.0. The number of carbonyl (C=O) groups excluding carboxylic acids is 3. The summed E-state index contributed by atoms with van der Waals surface area (Å²) in [5, 5.41) is 3.01. The third kappa shape index (κ3) is 6.84. The zero-order chi connectivity index (χ0) is 35.5. The Kier molecular flexibility index (Phi) is 9.61. The van der Waals surface area contributed by atoms with E-state index in [4.69, 9.17) is 14.5 Å². The van der Waals surface area contributed by atoms with Crippen LogP contribution in [0.2, 0.25) is 0 Å². The molecule has 2 aromatic carbocycles. The zero-order valence-electron chi connectivity index (χ0n) is 28.1. The molecule has 2 saturated heterocycles. The van der Waals surface area contributed by atoms with Gasteiger partial charge in [0.05, 0.1) is 16.1 Å². The van der Waals surface area contributed by atoms with Crippen LogP contribution >= 0.6 is 11.3 Å². The maximum atomic E-state index is 14.6. The first kappa shape index (κ1) is 34.0. The van der Waals surface area contributed by atoms with E-state index < -0.39 is 0 Å². The van der Waals surface area contributed by atoms with Crippen molar-refractivity contribution in [2.75, 3.05) is 48.0 Å². The highest BCUT2D eigenvalue weighted by Crippen LogP contribution is 2.44. The summed E-state index contributed by atoms with van der Waals surface area (Å²) in [5.41, 5.74) is 9.93. The van der Waals surface area contributed by atoms with Gasteiger partial charge in [0.15, 0.2) is 0 Å². The topological polar surface area (TPSA) is 131 Å². The fourth-order valence-electron chi connectivity index (χ4n) is 7.01. The van der Waals surface area contributed by atoms with E-state index in [1.165, 1.54) is 17.4 Å². The van der Waals surface area contributed by atoms with Crippen molar-refractivity contribution < 1.29 is 23.5 Å². The van der Waals surface area contributed by atoms with Crippen LogP contribution < -0.4 is 20.9 Å². The fraction of sp³-hybridized carbons (Fsp3) is 0.256. The third-order valence-corrected chi connectivity index (χ3v) is 10.9. The largest absolute Gasteiger partial charge is 0.381 e. The molecule has 3 aliphatic rings. The van der Waals surface area contributed by atoms with Gasteiger partial charge in [0, 0.05) is 71.8 Å². The van der Waals surface area contributed by atoms with E-state index in [1.807, 2.05) is 43.3 Å². The summed E-state index contributed by atoms with van der Waals surface area (Å²) in [6.45, 7) is 5.71. The van der Waals surface area contributed by atoms with Crippen LogP contribution in [0, 0.1) is 18.2 Å². The molecule has 0 radical (unpaired) electrons.